The van der Waals surface area contributed by atoms with Gasteiger partial charge in [0.15, 0.2) is 5.78 Å². The Kier molecular flexibility index (Phi) is 5.12. The smallest absolute Gasteiger partial charge is 0.263 e. The largest absolute Gasteiger partial charge is 0.292 e. The van der Waals surface area contributed by atoms with Crippen LogP contribution in [0.25, 0.3) is 21.3 Å². The van der Waals surface area contributed by atoms with Crippen LogP contribution in [0.2, 0.25) is 0 Å². The molecule has 2 aromatic carbocycles. The quantitative estimate of drug-likeness (QED) is 0.417. The number of halogens is 1. The van der Waals surface area contributed by atoms with Gasteiger partial charge in [-0.25, -0.2) is 9.37 Å². The van der Waals surface area contributed by atoms with Crippen LogP contribution in [-0.4, -0.2) is 15.3 Å². The molecule has 2 aromatic heterocycles. The minimum Gasteiger partial charge on any atom is -0.292 e. The molecule has 0 aliphatic heterocycles. The average molecular weight is 421 g/mol. The lowest BCUT2D eigenvalue weighted by Crippen LogP contribution is -2.27. The van der Waals surface area contributed by atoms with Crippen molar-refractivity contribution in [1.82, 2.24) is 9.55 Å². The van der Waals surface area contributed by atoms with Crippen LogP contribution in [0.5, 0.6) is 0 Å². The number of rotatable bonds is 4. The zero-order chi connectivity index (χ0) is 21.6. The summed E-state index contributed by atoms with van der Waals surface area (Å²) in [7, 11) is 0. The predicted molar refractivity (Wildman–Crippen MR) is 119 cm³/mol. The van der Waals surface area contributed by atoms with Crippen molar-refractivity contribution in [3.05, 3.63) is 86.0 Å². The number of carbonyl (C=O) groups excluding carboxylic acids is 1. The van der Waals surface area contributed by atoms with Gasteiger partial charge >= 0.3 is 0 Å². The Balaban J connectivity index is 1.81. The van der Waals surface area contributed by atoms with E-state index in [1.807, 2.05) is 31.4 Å². The molecule has 0 fully saturated rings. The van der Waals surface area contributed by atoms with Crippen molar-refractivity contribution >= 4 is 27.3 Å². The maximum Gasteiger partial charge on any atom is 0.263 e. The SMILES string of the molecule is Cc1ccc(-c2csc3nc(C)n(CC(=O)c4ccc(F)c(C)c4)c(=O)c23)cc1C. The van der Waals surface area contributed by atoms with E-state index in [1.54, 1.807) is 13.8 Å². The first-order valence-corrected chi connectivity index (χ1v) is 10.5. The molecular weight excluding hydrogens is 399 g/mol. The number of hydrogen-bond acceptors (Lipinski definition) is 4. The van der Waals surface area contributed by atoms with Crippen LogP contribution in [0.1, 0.15) is 32.9 Å². The zero-order valence-corrected chi connectivity index (χ0v) is 18.1. The van der Waals surface area contributed by atoms with Crippen molar-refractivity contribution in [2.45, 2.75) is 34.2 Å². The summed E-state index contributed by atoms with van der Waals surface area (Å²) in [6.45, 7) is 7.28. The molecule has 30 heavy (non-hydrogen) atoms. The average Bonchev–Trinajstić information content (AvgIpc) is 3.13. The molecule has 4 nitrogen and oxygen atoms in total. The summed E-state index contributed by atoms with van der Waals surface area (Å²) >= 11 is 1.42. The van der Waals surface area contributed by atoms with E-state index in [2.05, 4.69) is 11.1 Å². The third kappa shape index (κ3) is 3.48. The number of thiophene rings is 1. The summed E-state index contributed by atoms with van der Waals surface area (Å²) in [5, 5.41) is 2.47. The Morgan fingerprint density at radius 2 is 1.80 bits per heavy atom. The van der Waals surface area contributed by atoms with Gasteiger partial charge < -0.3 is 0 Å². The molecule has 0 spiro atoms. The lowest BCUT2D eigenvalue weighted by Gasteiger charge is -2.10. The normalized spacial score (nSPS) is 11.2. The second kappa shape index (κ2) is 7.61. The number of Topliss-reactive ketones (excluding diaryl/α,β-unsaturated/α-hetero) is 1. The number of nitrogens with zero attached hydrogens (tertiary/aromatic N) is 2. The summed E-state index contributed by atoms with van der Waals surface area (Å²) in [6, 6.07) is 10.3. The predicted octanol–water partition coefficient (Wildman–Crippen LogP) is 5.38. The maximum absolute atomic E-state index is 13.5. The highest BCUT2D eigenvalue weighted by atomic mass is 32.1. The van der Waals surface area contributed by atoms with Crippen molar-refractivity contribution < 1.29 is 9.18 Å². The van der Waals surface area contributed by atoms with Crippen molar-refractivity contribution in [3.8, 4) is 11.1 Å². The minimum atomic E-state index is -0.362. The van der Waals surface area contributed by atoms with Gasteiger partial charge in [0.05, 0.1) is 11.9 Å². The summed E-state index contributed by atoms with van der Waals surface area (Å²) in [5.41, 5.74) is 4.65. The van der Waals surface area contributed by atoms with Crippen molar-refractivity contribution in [1.29, 1.82) is 0 Å². The Labute approximate surface area is 177 Å². The number of fused-ring (bicyclic) bond motifs is 1. The van der Waals surface area contributed by atoms with Gasteiger partial charge in [-0.15, -0.1) is 11.3 Å². The van der Waals surface area contributed by atoms with E-state index in [1.165, 1.54) is 39.7 Å². The molecule has 0 unspecified atom stereocenters. The molecule has 0 aliphatic rings. The van der Waals surface area contributed by atoms with E-state index < -0.39 is 0 Å². The number of carbonyl (C=O) groups is 1. The highest BCUT2D eigenvalue weighted by Gasteiger charge is 2.18. The van der Waals surface area contributed by atoms with Gasteiger partial charge in [-0.3, -0.25) is 14.2 Å². The number of ketones is 1. The van der Waals surface area contributed by atoms with Crippen LogP contribution in [0.3, 0.4) is 0 Å². The van der Waals surface area contributed by atoms with E-state index >= 15 is 0 Å². The summed E-state index contributed by atoms with van der Waals surface area (Å²) in [4.78, 5) is 31.4. The first-order chi connectivity index (χ1) is 14.3. The molecule has 0 radical (unpaired) electrons. The van der Waals surface area contributed by atoms with E-state index in [4.69, 9.17) is 0 Å². The Hall–Kier alpha value is -3.12. The standard InChI is InChI=1S/C24H21FN2O2S/c1-13-5-6-17(9-14(13)2)19-12-30-23-22(19)24(29)27(16(4)26-23)11-21(28)18-7-8-20(25)15(3)10-18/h5-10,12H,11H2,1-4H3. The Morgan fingerprint density at radius 1 is 1.03 bits per heavy atom. The summed E-state index contributed by atoms with van der Waals surface area (Å²) in [6.07, 6.45) is 0. The van der Waals surface area contributed by atoms with Crippen molar-refractivity contribution in [3.63, 3.8) is 0 Å². The van der Waals surface area contributed by atoms with E-state index in [9.17, 15) is 14.0 Å². The second-order valence-corrected chi connectivity index (χ2v) is 8.42. The molecule has 2 heterocycles. The van der Waals surface area contributed by atoms with Crippen molar-refractivity contribution in [2.24, 2.45) is 0 Å². The molecule has 4 aromatic rings. The van der Waals surface area contributed by atoms with Gasteiger partial charge in [0, 0.05) is 16.5 Å². The van der Waals surface area contributed by atoms with Crippen LogP contribution in [-0.2, 0) is 6.54 Å². The molecule has 0 saturated heterocycles. The fraction of sp³-hybridized carbons (Fsp3) is 0.208. The number of aromatic nitrogens is 2. The lowest BCUT2D eigenvalue weighted by molar-refractivity contribution is 0.0969. The second-order valence-electron chi connectivity index (χ2n) is 7.57. The van der Waals surface area contributed by atoms with Crippen molar-refractivity contribution in [2.75, 3.05) is 0 Å². The third-order valence-electron chi connectivity index (χ3n) is 5.48. The Bertz CT molecular complexity index is 1370. The fourth-order valence-corrected chi connectivity index (χ4v) is 4.47. The Morgan fingerprint density at radius 3 is 2.50 bits per heavy atom. The number of hydrogen-bond donors (Lipinski definition) is 0. The molecular formula is C24H21FN2O2S. The van der Waals surface area contributed by atoms with Gasteiger partial charge in [-0.05, 0) is 68.1 Å². The van der Waals surface area contributed by atoms with E-state index in [-0.39, 0.29) is 23.7 Å². The van der Waals surface area contributed by atoms with Gasteiger partial charge in [0.1, 0.15) is 16.5 Å². The van der Waals surface area contributed by atoms with Crippen LogP contribution in [0.15, 0.2) is 46.6 Å². The molecule has 0 aliphatic carbocycles. The highest BCUT2D eigenvalue weighted by Crippen LogP contribution is 2.32. The van der Waals surface area contributed by atoms with Crippen LogP contribution < -0.4 is 5.56 Å². The fourth-order valence-electron chi connectivity index (χ4n) is 3.49. The zero-order valence-electron chi connectivity index (χ0n) is 17.2. The molecule has 0 saturated carbocycles. The topological polar surface area (TPSA) is 52.0 Å². The van der Waals surface area contributed by atoms with Gasteiger partial charge in [0.25, 0.3) is 5.56 Å². The summed E-state index contributed by atoms with van der Waals surface area (Å²) in [5.74, 6) is -0.139. The van der Waals surface area contributed by atoms with Crippen LogP contribution >= 0.6 is 11.3 Å². The molecule has 152 valence electrons. The molecule has 0 amide bonds. The monoisotopic (exact) mass is 420 g/mol. The number of aryl methyl sites for hydroxylation is 4. The molecule has 0 bridgehead atoms. The van der Waals surface area contributed by atoms with Gasteiger partial charge in [-0.2, -0.15) is 0 Å². The first-order valence-electron chi connectivity index (χ1n) is 9.62. The summed E-state index contributed by atoms with van der Waals surface area (Å²) < 4.78 is 14.9. The van der Waals surface area contributed by atoms with Crippen LogP contribution in [0, 0.1) is 33.5 Å². The minimum absolute atomic E-state index is 0.138. The third-order valence-corrected chi connectivity index (χ3v) is 6.36. The van der Waals surface area contributed by atoms with Crippen LogP contribution in [0.4, 0.5) is 4.39 Å². The first kappa shape index (κ1) is 20.2. The van der Waals surface area contributed by atoms with Gasteiger partial charge in [0.2, 0.25) is 0 Å². The number of benzene rings is 2. The highest BCUT2D eigenvalue weighted by molar-refractivity contribution is 7.17. The maximum atomic E-state index is 13.5. The molecule has 6 heteroatoms. The molecule has 4 rings (SSSR count). The van der Waals surface area contributed by atoms with E-state index in [0.717, 1.165) is 16.7 Å². The van der Waals surface area contributed by atoms with Gasteiger partial charge in [-0.1, -0.05) is 18.2 Å². The molecule has 0 N–H and O–H groups in total. The lowest BCUT2D eigenvalue weighted by atomic mass is 10.0. The molecule has 0 atom stereocenters. The van der Waals surface area contributed by atoms with E-state index in [0.29, 0.717) is 27.2 Å².